The van der Waals surface area contributed by atoms with E-state index in [-0.39, 0.29) is 17.9 Å². The maximum atomic E-state index is 13.0. The molecule has 0 bridgehead atoms. The molecular formula is C28H33N5O5. The van der Waals surface area contributed by atoms with E-state index in [0.29, 0.717) is 41.3 Å². The van der Waals surface area contributed by atoms with Crippen LogP contribution in [0, 0.1) is 0 Å². The van der Waals surface area contributed by atoms with E-state index >= 15 is 0 Å². The summed E-state index contributed by atoms with van der Waals surface area (Å²) in [7, 11) is 0. The molecule has 10 heteroatoms. The van der Waals surface area contributed by atoms with Crippen molar-refractivity contribution < 1.29 is 23.5 Å². The number of carbonyl (C=O) groups excluding carboxylic acids is 3. The van der Waals surface area contributed by atoms with Crippen molar-refractivity contribution in [1.82, 2.24) is 15.2 Å². The molecule has 1 aromatic heterocycles. The van der Waals surface area contributed by atoms with E-state index in [1.165, 1.54) is 4.90 Å². The predicted molar refractivity (Wildman–Crippen MR) is 144 cm³/mol. The van der Waals surface area contributed by atoms with Gasteiger partial charge in [-0.25, -0.2) is 9.78 Å². The van der Waals surface area contributed by atoms with E-state index in [0.717, 1.165) is 31.4 Å². The average Bonchev–Trinajstić information content (AvgIpc) is 3.64. The molecule has 0 aliphatic carbocycles. The summed E-state index contributed by atoms with van der Waals surface area (Å²) in [5, 5.41) is 9.03. The number of likely N-dealkylation sites (tertiary alicyclic amines) is 1. The molecule has 5 rings (SSSR count). The second kappa shape index (κ2) is 10.4. The van der Waals surface area contributed by atoms with Gasteiger partial charge in [0.05, 0.1) is 6.04 Å². The zero-order valence-corrected chi connectivity index (χ0v) is 21.9. The number of nitrogens with one attached hydrogen (secondary N) is 3. The lowest BCUT2D eigenvalue weighted by Crippen LogP contribution is -2.45. The molecule has 3 aromatic rings. The van der Waals surface area contributed by atoms with Crippen molar-refractivity contribution in [3.8, 4) is 11.5 Å². The molecule has 0 unspecified atom stereocenters. The predicted octanol–water partition coefficient (Wildman–Crippen LogP) is 4.52. The van der Waals surface area contributed by atoms with E-state index in [1.54, 1.807) is 39.0 Å². The highest BCUT2D eigenvalue weighted by Crippen LogP contribution is 2.28. The van der Waals surface area contributed by atoms with E-state index in [4.69, 9.17) is 9.15 Å². The molecule has 0 saturated carbocycles. The zero-order valence-electron chi connectivity index (χ0n) is 21.9. The maximum absolute atomic E-state index is 13.0. The first-order valence-electron chi connectivity index (χ1n) is 13.0. The average molecular weight is 520 g/mol. The Morgan fingerprint density at radius 3 is 2.45 bits per heavy atom. The minimum absolute atomic E-state index is 0.0292. The standard InChI is InChI=1S/C28H33N5O5/c1-28(2,3)38-27(36)33-15-5-7-22(33)25(35)31-19-12-13-23-21(16-19)32-26(37-23)17-8-10-18(11-9-17)30-24(34)20-6-4-14-29-20/h8-13,16,20,22,29H,4-7,14-15H2,1-3H3,(H,30,34)(H,31,35)/t20-,22-/m0/s1. The van der Waals surface area contributed by atoms with Gasteiger partial charge in [0.15, 0.2) is 5.58 Å². The van der Waals surface area contributed by atoms with Gasteiger partial charge in [0, 0.05) is 23.5 Å². The summed E-state index contributed by atoms with van der Waals surface area (Å²) in [6, 6.07) is 11.8. The van der Waals surface area contributed by atoms with E-state index < -0.39 is 17.7 Å². The number of nitrogens with zero attached hydrogens (tertiary/aromatic N) is 2. The van der Waals surface area contributed by atoms with Gasteiger partial charge in [0.2, 0.25) is 17.7 Å². The van der Waals surface area contributed by atoms with Gasteiger partial charge in [-0.2, -0.15) is 0 Å². The van der Waals surface area contributed by atoms with Crippen molar-refractivity contribution in [1.29, 1.82) is 0 Å². The normalized spacial score (nSPS) is 19.5. The monoisotopic (exact) mass is 519 g/mol. The largest absolute Gasteiger partial charge is 0.444 e. The van der Waals surface area contributed by atoms with Crippen molar-refractivity contribution in [2.75, 3.05) is 23.7 Å². The Hall–Kier alpha value is -3.92. The second-order valence-electron chi connectivity index (χ2n) is 10.7. The van der Waals surface area contributed by atoms with E-state index in [2.05, 4.69) is 20.9 Å². The van der Waals surface area contributed by atoms with Crippen LogP contribution in [-0.2, 0) is 14.3 Å². The molecule has 3 amide bonds. The number of ether oxygens (including phenoxy) is 1. The first kappa shape index (κ1) is 25.7. The lowest BCUT2D eigenvalue weighted by atomic mass is 10.2. The first-order chi connectivity index (χ1) is 18.2. The summed E-state index contributed by atoms with van der Waals surface area (Å²) in [5.41, 5.74) is 2.59. The number of amides is 3. The van der Waals surface area contributed by atoms with Crippen LogP contribution in [0.25, 0.3) is 22.6 Å². The molecule has 0 spiro atoms. The van der Waals surface area contributed by atoms with Gasteiger partial charge in [0.25, 0.3) is 0 Å². The Kier molecular flexibility index (Phi) is 7.07. The van der Waals surface area contributed by atoms with Crippen LogP contribution in [0.2, 0.25) is 0 Å². The summed E-state index contributed by atoms with van der Waals surface area (Å²) in [6.45, 7) is 6.76. The summed E-state index contributed by atoms with van der Waals surface area (Å²) >= 11 is 0. The van der Waals surface area contributed by atoms with Crippen molar-refractivity contribution in [3.63, 3.8) is 0 Å². The van der Waals surface area contributed by atoms with Crippen molar-refractivity contribution in [2.24, 2.45) is 0 Å². The summed E-state index contributed by atoms with van der Waals surface area (Å²) in [6.07, 6.45) is 2.69. The quantitative estimate of drug-likeness (QED) is 0.452. The van der Waals surface area contributed by atoms with Crippen molar-refractivity contribution in [2.45, 2.75) is 64.1 Å². The smallest absolute Gasteiger partial charge is 0.410 e. The highest BCUT2D eigenvalue weighted by molar-refractivity contribution is 5.98. The third-order valence-corrected chi connectivity index (χ3v) is 6.61. The molecule has 2 aromatic carbocycles. The van der Waals surface area contributed by atoms with Crippen LogP contribution in [-0.4, -0.2) is 58.6 Å². The molecule has 3 heterocycles. The van der Waals surface area contributed by atoms with Crippen LogP contribution in [0.5, 0.6) is 0 Å². The second-order valence-corrected chi connectivity index (χ2v) is 10.7. The molecule has 2 aliphatic heterocycles. The molecule has 38 heavy (non-hydrogen) atoms. The summed E-state index contributed by atoms with van der Waals surface area (Å²) in [5.74, 6) is 0.145. The third kappa shape index (κ3) is 5.80. The van der Waals surface area contributed by atoms with Gasteiger partial charge >= 0.3 is 6.09 Å². The highest BCUT2D eigenvalue weighted by atomic mass is 16.6. The number of rotatable bonds is 5. The maximum Gasteiger partial charge on any atom is 0.410 e. The molecule has 0 radical (unpaired) electrons. The van der Waals surface area contributed by atoms with Gasteiger partial charge in [-0.05, 0) is 95.5 Å². The fourth-order valence-corrected chi connectivity index (χ4v) is 4.77. The topological polar surface area (TPSA) is 126 Å². The van der Waals surface area contributed by atoms with Crippen LogP contribution in [0.4, 0.5) is 16.2 Å². The molecule has 200 valence electrons. The summed E-state index contributed by atoms with van der Waals surface area (Å²) in [4.78, 5) is 44.0. The Labute approximate surface area is 221 Å². The minimum atomic E-state index is -0.627. The molecule has 2 fully saturated rings. The molecule has 3 N–H and O–H groups in total. The molecule has 10 nitrogen and oxygen atoms in total. The number of aromatic nitrogens is 1. The lowest BCUT2D eigenvalue weighted by Gasteiger charge is -2.28. The number of benzene rings is 2. The van der Waals surface area contributed by atoms with Crippen LogP contribution in [0.3, 0.4) is 0 Å². The summed E-state index contributed by atoms with van der Waals surface area (Å²) < 4.78 is 11.4. The number of carbonyl (C=O) groups is 3. The van der Waals surface area contributed by atoms with Gasteiger partial charge in [-0.1, -0.05) is 0 Å². The van der Waals surface area contributed by atoms with Crippen molar-refractivity contribution >= 4 is 40.4 Å². The first-order valence-corrected chi connectivity index (χ1v) is 13.0. The Morgan fingerprint density at radius 1 is 1.00 bits per heavy atom. The van der Waals surface area contributed by atoms with E-state index in [9.17, 15) is 14.4 Å². The van der Waals surface area contributed by atoms with Crippen LogP contribution in [0.1, 0.15) is 46.5 Å². The fourth-order valence-electron chi connectivity index (χ4n) is 4.77. The SMILES string of the molecule is CC(C)(C)OC(=O)N1CCC[C@H]1C(=O)Nc1ccc2oc(-c3ccc(NC(=O)[C@@H]4CCCN4)cc3)nc2c1. The van der Waals surface area contributed by atoms with Crippen LogP contribution in [0.15, 0.2) is 46.9 Å². The third-order valence-electron chi connectivity index (χ3n) is 6.61. The molecule has 2 atom stereocenters. The minimum Gasteiger partial charge on any atom is -0.444 e. The lowest BCUT2D eigenvalue weighted by molar-refractivity contribution is -0.120. The zero-order chi connectivity index (χ0) is 26.9. The number of anilines is 2. The highest BCUT2D eigenvalue weighted by Gasteiger charge is 2.36. The number of fused-ring (bicyclic) bond motifs is 1. The number of hydrogen-bond donors (Lipinski definition) is 3. The van der Waals surface area contributed by atoms with Gasteiger partial charge < -0.3 is 25.1 Å². The molecular weight excluding hydrogens is 486 g/mol. The Balaban J connectivity index is 1.24. The Bertz CT molecular complexity index is 1340. The molecule has 2 saturated heterocycles. The number of oxazole rings is 1. The van der Waals surface area contributed by atoms with Gasteiger partial charge in [0.1, 0.15) is 17.2 Å². The fraction of sp³-hybridized carbons (Fsp3) is 0.429. The van der Waals surface area contributed by atoms with Crippen molar-refractivity contribution in [3.05, 3.63) is 42.5 Å². The number of hydrogen-bond acceptors (Lipinski definition) is 7. The molecule has 2 aliphatic rings. The van der Waals surface area contributed by atoms with E-state index in [1.807, 2.05) is 24.3 Å². The van der Waals surface area contributed by atoms with Gasteiger partial charge in [-0.15, -0.1) is 0 Å². The Morgan fingerprint density at radius 2 is 1.74 bits per heavy atom. The van der Waals surface area contributed by atoms with Crippen LogP contribution < -0.4 is 16.0 Å². The van der Waals surface area contributed by atoms with Gasteiger partial charge in [-0.3, -0.25) is 14.5 Å². The van der Waals surface area contributed by atoms with Crippen LogP contribution >= 0.6 is 0 Å².